The second kappa shape index (κ2) is 9.57. The average molecular weight is 361 g/mol. The number of ether oxygens (including phenoxy) is 1. The van der Waals surface area contributed by atoms with Gasteiger partial charge in [-0.1, -0.05) is 19.3 Å². The van der Waals surface area contributed by atoms with Crippen molar-refractivity contribution >= 4 is 19.2 Å². The number of hydrogen-bond acceptors (Lipinski definition) is 5. The first-order chi connectivity index (χ1) is 11.1. The SMILES string of the molecule is CCOP(=O)(CC(=O)CNC(=O)OC(C)(C)C)CC1CCCCC1. The largest absolute Gasteiger partial charge is 0.444 e. The molecule has 0 saturated heterocycles. The number of alkyl carbamates (subject to hydrolysis) is 1. The zero-order chi connectivity index (χ0) is 18.2. The van der Waals surface area contributed by atoms with Crippen molar-refractivity contribution in [2.24, 2.45) is 5.92 Å². The molecule has 1 unspecified atom stereocenters. The second-order valence-corrected chi connectivity index (χ2v) is 10.0. The Morgan fingerprint density at radius 2 is 1.79 bits per heavy atom. The zero-order valence-electron chi connectivity index (χ0n) is 15.4. The van der Waals surface area contributed by atoms with Crippen LogP contribution in [0.3, 0.4) is 0 Å². The Bertz CT molecular complexity index is 466. The molecule has 0 spiro atoms. The fraction of sp³-hybridized carbons (Fsp3) is 0.882. The van der Waals surface area contributed by atoms with Gasteiger partial charge in [0, 0.05) is 6.16 Å². The highest BCUT2D eigenvalue weighted by atomic mass is 31.2. The lowest BCUT2D eigenvalue weighted by Gasteiger charge is -2.26. The normalized spacial score (nSPS) is 18.7. The minimum absolute atomic E-state index is 0.118. The summed E-state index contributed by atoms with van der Waals surface area (Å²) in [4.78, 5) is 23.7. The molecule has 1 atom stereocenters. The Morgan fingerprint density at radius 1 is 1.17 bits per heavy atom. The molecule has 0 aliphatic heterocycles. The van der Waals surface area contributed by atoms with Crippen LogP contribution >= 0.6 is 7.37 Å². The first-order valence-electron chi connectivity index (χ1n) is 8.85. The van der Waals surface area contributed by atoms with Crippen molar-refractivity contribution in [2.75, 3.05) is 25.5 Å². The van der Waals surface area contributed by atoms with Crippen LogP contribution < -0.4 is 5.32 Å². The molecular formula is C17H32NO5P. The fourth-order valence-corrected chi connectivity index (χ4v) is 5.57. The summed E-state index contributed by atoms with van der Waals surface area (Å²) < 4.78 is 23.5. The van der Waals surface area contributed by atoms with Crippen LogP contribution in [0.25, 0.3) is 0 Å². The predicted octanol–water partition coefficient (Wildman–Crippen LogP) is 3.98. The molecule has 24 heavy (non-hydrogen) atoms. The van der Waals surface area contributed by atoms with E-state index in [2.05, 4.69) is 5.32 Å². The third kappa shape index (κ3) is 8.84. The Morgan fingerprint density at radius 3 is 2.33 bits per heavy atom. The van der Waals surface area contributed by atoms with Crippen LogP contribution in [0.5, 0.6) is 0 Å². The Kier molecular flexibility index (Phi) is 8.44. The highest BCUT2D eigenvalue weighted by molar-refractivity contribution is 7.60. The first kappa shape index (κ1) is 21.2. The van der Waals surface area contributed by atoms with E-state index in [9.17, 15) is 14.2 Å². The van der Waals surface area contributed by atoms with E-state index in [0.717, 1.165) is 25.7 Å². The summed E-state index contributed by atoms with van der Waals surface area (Å²) in [6, 6.07) is 0. The number of Topliss-reactive ketones (excluding diaryl/α,β-unsaturated/α-hetero) is 1. The van der Waals surface area contributed by atoms with Gasteiger partial charge < -0.3 is 14.6 Å². The van der Waals surface area contributed by atoms with Gasteiger partial charge in [-0.25, -0.2) is 4.79 Å². The van der Waals surface area contributed by atoms with Crippen molar-refractivity contribution in [1.82, 2.24) is 5.32 Å². The van der Waals surface area contributed by atoms with E-state index in [1.54, 1.807) is 27.7 Å². The summed E-state index contributed by atoms with van der Waals surface area (Å²) in [7, 11) is -2.99. The minimum atomic E-state index is -2.99. The van der Waals surface area contributed by atoms with Gasteiger partial charge in [0.1, 0.15) is 5.60 Å². The summed E-state index contributed by atoms with van der Waals surface area (Å²) in [6.07, 6.45) is 5.37. The van der Waals surface area contributed by atoms with Crippen molar-refractivity contribution in [2.45, 2.75) is 65.4 Å². The van der Waals surface area contributed by atoms with Gasteiger partial charge in [-0.3, -0.25) is 9.36 Å². The maximum absolute atomic E-state index is 13.0. The number of carbonyl (C=O) groups excluding carboxylic acids is 2. The lowest BCUT2D eigenvalue weighted by atomic mass is 9.91. The molecule has 1 amide bonds. The maximum atomic E-state index is 13.0. The van der Waals surface area contributed by atoms with E-state index in [1.165, 1.54) is 6.42 Å². The van der Waals surface area contributed by atoms with Crippen LogP contribution in [0, 0.1) is 5.92 Å². The van der Waals surface area contributed by atoms with Gasteiger partial charge in [0.05, 0.1) is 19.3 Å². The van der Waals surface area contributed by atoms with E-state index in [4.69, 9.17) is 9.26 Å². The summed E-state index contributed by atoms with van der Waals surface area (Å²) in [5.74, 6) is 0.0937. The summed E-state index contributed by atoms with van der Waals surface area (Å²) in [5.41, 5.74) is -0.616. The fourth-order valence-electron chi connectivity index (χ4n) is 2.97. The molecule has 0 aromatic carbocycles. The van der Waals surface area contributed by atoms with Gasteiger partial charge in [-0.2, -0.15) is 0 Å². The van der Waals surface area contributed by atoms with Gasteiger partial charge in [0.15, 0.2) is 5.78 Å². The molecule has 1 aliphatic rings. The monoisotopic (exact) mass is 361 g/mol. The average Bonchev–Trinajstić information content (AvgIpc) is 2.44. The molecule has 1 aliphatic carbocycles. The number of amides is 1. The second-order valence-electron chi connectivity index (χ2n) is 7.47. The molecule has 0 heterocycles. The van der Waals surface area contributed by atoms with Crippen molar-refractivity contribution in [1.29, 1.82) is 0 Å². The molecule has 0 bridgehead atoms. The summed E-state index contributed by atoms with van der Waals surface area (Å²) in [5, 5.41) is 2.42. The van der Waals surface area contributed by atoms with E-state index in [1.807, 2.05) is 0 Å². The lowest BCUT2D eigenvalue weighted by Crippen LogP contribution is -2.36. The van der Waals surface area contributed by atoms with Crippen molar-refractivity contribution in [3.63, 3.8) is 0 Å². The van der Waals surface area contributed by atoms with Crippen LogP contribution in [0.4, 0.5) is 4.79 Å². The van der Waals surface area contributed by atoms with E-state index < -0.39 is 19.1 Å². The third-order valence-electron chi connectivity index (χ3n) is 3.87. The summed E-state index contributed by atoms with van der Waals surface area (Å²) in [6.45, 7) is 7.19. The van der Waals surface area contributed by atoms with Crippen LogP contribution in [-0.2, 0) is 18.6 Å². The van der Waals surface area contributed by atoms with Crippen LogP contribution in [0.15, 0.2) is 0 Å². The highest BCUT2D eigenvalue weighted by Crippen LogP contribution is 2.50. The van der Waals surface area contributed by atoms with Crippen LogP contribution in [0.2, 0.25) is 0 Å². The molecule has 0 aromatic rings. The molecular weight excluding hydrogens is 329 g/mol. The number of carbonyl (C=O) groups is 2. The Balaban J connectivity index is 2.49. The highest BCUT2D eigenvalue weighted by Gasteiger charge is 2.31. The van der Waals surface area contributed by atoms with E-state index in [0.29, 0.717) is 18.7 Å². The molecule has 7 heteroatoms. The van der Waals surface area contributed by atoms with Gasteiger partial charge >= 0.3 is 6.09 Å². The standard InChI is InChI=1S/C17H32NO5P/c1-5-22-24(21,12-14-9-7-6-8-10-14)13-15(19)11-18-16(20)23-17(2,3)4/h14H,5-13H2,1-4H3,(H,18,20). The zero-order valence-corrected chi connectivity index (χ0v) is 16.3. The number of nitrogens with one attached hydrogen (secondary N) is 1. The van der Waals surface area contributed by atoms with Crippen molar-refractivity contribution < 1.29 is 23.4 Å². The first-order valence-corrected chi connectivity index (χ1v) is 10.8. The predicted molar refractivity (Wildman–Crippen MR) is 94.8 cm³/mol. The van der Waals surface area contributed by atoms with Gasteiger partial charge in [-0.15, -0.1) is 0 Å². The molecule has 6 nitrogen and oxygen atoms in total. The van der Waals surface area contributed by atoms with Crippen LogP contribution in [0.1, 0.15) is 59.8 Å². The number of hydrogen-bond donors (Lipinski definition) is 1. The Hall–Kier alpha value is -0.870. The van der Waals surface area contributed by atoms with E-state index in [-0.39, 0.29) is 18.5 Å². The number of ketones is 1. The Labute approximate surface area is 145 Å². The quantitative estimate of drug-likeness (QED) is 0.662. The van der Waals surface area contributed by atoms with Crippen molar-refractivity contribution in [3.8, 4) is 0 Å². The third-order valence-corrected chi connectivity index (χ3v) is 6.51. The van der Waals surface area contributed by atoms with Gasteiger partial charge in [0.2, 0.25) is 7.37 Å². The lowest BCUT2D eigenvalue weighted by molar-refractivity contribution is -0.116. The maximum Gasteiger partial charge on any atom is 0.408 e. The van der Waals surface area contributed by atoms with Gasteiger partial charge in [0.25, 0.3) is 0 Å². The molecule has 0 radical (unpaired) electrons. The summed E-state index contributed by atoms with van der Waals surface area (Å²) >= 11 is 0. The number of rotatable bonds is 8. The molecule has 1 rings (SSSR count). The van der Waals surface area contributed by atoms with Crippen LogP contribution in [-0.4, -0.2) is 43.0 Å². The molecule has 1 N–H and O–H groups in total. The molecule has 1 saturated carbocycles. The topological polar surface area (TPSA) is 81.7 Å². The molecule has 140 valence electrons. The van der Waals surface area contributed by atoms with Gasteiger partial charge in [-0.05, 0) is 46.5 Å². The molecule has 0 aromatic heterocycles. The molecule has 1 fully saturated rings. The van der Waals surface area contributed by atoms with E-state index >= 15 is 0 Å². The minimum Gasteiger partial charge on any atom is -0.444 e. The smallest absolute Gasteiger partial charge is 0.408 e. The van der Waals surface area contributed by atoms with Crippen molar-refractivity contribution in [3.05, 3.63) is 0 Å².